The van der Waals surface area contributed by atoms with Crippen LogP contribution in [0.5, 0.6) is 0 Å². The Morgan fingerprint density at radius 3 is 2.92 bits per heavy atom. The quantitative estimate of drug-likeness (QED) is 0.666. The molecule has 2 N–H and O–H groups in total. The highest BCUT2D eigenvalue weighted by Crippen LogP contribution is 2.42. The van der Waals surface area contributed by atoms with Crippen LogP contribution in [-0.2, 0) is 9.47 Å². The van der Waals surface area contributed by atoms with Crippen molar-refractivity contribution in [2.45, 2.75) is 49.9 Å². The Labute approximate surface area is 79.6 Å². The van der Waals surface area contributed by atoms with Gasteiger partial charge in [-0.05, 0) is 32.1 Å². The topological polar surface area (TPSA) is 44.5 Å². The Bertz CT molecular complexity index is 186. The minimum absolute atomic E-state index is 0.0402. The first-order chi connectivity index (χ1) is 6.24. The number of nitrogens with two attached hydrogens (primary N) is 1. The van der Waals surface area contributed by atoms with Crippen molar-refractivity contribution in [3.63, 3.8) is 0 Å². The first-order valence-electron chi connectivity index (χ1n) is 5.18. The summed E-state index contributed by atoms with van der Waals surface area (Å²) in [5, 5.41) is 0. The van der Waals surface area contributed by atoms with Gasteiger partial charge in [-0.25, -0.2) is 0 Å². The second-order valence-corrected chi connectivity index (χ2v) is 4.36. The van der Waals surface area contributed by atoms with E-state index in [1.807, 2.05) is 0 Å². The minimum Gasteiger partial charge on any atom is -0.385 e. The van der Waals surface area contributed by atoms with Gasteiger partial charge in [0.25, 0.3) is 0 Å². The maximum absolute atomic E-state index is 6.30. The van der Waals surface area contributed by atoms with Gasteiger partial charge in [-0.3, -0.25) is 0 Å². The van der Waals surface area contributed by atoms with Gasteiger partial charge in [0.2, 0.25) is 0 Å². The summed E-state index contributed by atoms with van der Waals surface area (Å²) in [7, 11) is 1.74. The summed E-state index contributed by atoms with van der Waals surface area (Å²) in [5.41, 5.74) is 6.26. The SMILES string of the molecule is COCCCC1(N)CC2CCC1O2. The van der Waals surface area contributed by atoms with E-state index in [0.29, 0.717) is 12.2 Å². The molecule has 2 rings (SSSR count). The number of methoxy groups -OCH3 is 1. The molecular formula is C10H19NO2. The highest BCUT2D eigenvalue weighted by Gasteiger charge is 2.49. The molecule has 2 bridgehead atoms. The van der Waals surface area contributed by atoms with Crippen molar-refractivity contribution in [3.8, 4) is 0 Å². The second-order valence-electron chi connectivity index (χ2n) is 4.36. The lowest BCUT2D eigenvalue weighted by atomic mass is 9.79. The molecular weight excluding hydrogens is 166 g/mol. The Morgan fingerprint density at radius 2 is 2.38 bits per heavy atom. The van der Waals surface area contributed by atoms with Crippen LogP contribution in [0, 0.1) is 0 Å². The number of fused-ring (bicyclic) bond motifs is 2. The molecule has 0 saturated carbocycles. The van der Waals surface area contributed by atoms with Crippen LogP contribution in [-0.4, -0.2) is 31.5 Å². The summed E-state index contributed by atoms with van der Waals surface area (Å²) in [4.78, 5) is 0. The van der Waals surface area contributed by atoms with Crippen molar-refractivity contribution in [2.75, 3.05) is 13.7 Å². The Kier molecular flexibility index (Phi) is 2.58. The van der Waals surface area contributed by atoms with E-state index in [-0.39, 0.29) is 5.54 Å². The van der Waals surface area contributed by atoms with Gasteiger partial charge >= 0.3 is 0 Å². The molecule has 2 aliphatic heterocycles. The fraction of sp³-hybridized carbons (Fsp3) is 1.00. The maximum atomic E-state index is 6.30. The summed E-state index contributed by atoms with van der Waals surface area (Å²) in [6, 6.07) is 0. The van der Waals surface area contributed by atoms with Crippen LogP contribution in [0.1, 0.15) is 32.1 Å². The van der Waals surface area contributed by atoms with Crippen molar-refractivity contribution >= 4 is 0 Å². The molecule has 3 unspecified atom stereocenters. The van der Waals surface area contributed by atoms with Gasteiger partial charge in [0.15, 0.2) is 0 Å². The fourth-order valence-corrected chi connectivity index (χ4v) is 2.64. The second kappa shape index (κ2) is 3.56. The molecule has 0 aromatic rings. The lowest BCUT2D eigenvalue weighted by molar-refractivity contribution is 0.0808. The standard InChI is InChI=1S/C10H19NO2/c1-12-6-2-5-10(11)7-8-3-4-9(10)13-8/h8-9H,2-7,11H2,1H3. The van der Waals surface area contributed by atoms with E-state index in [4.69, 9.17) is 15.2 Å². The average molecular weight is 185 g/mol. The van der Waals surface area contributed by atoms with Gasteiger partial charge in [0, 0.05) is 19.3 Å². The van der Waals surface area contributed by atoms with E-state index < -0.39 is 0 Å². The zero-order chi connectivity index (χ0) is 9.31. The number of rotatable bonds is 4. The van der Waals surface area contributed by atoms with Gasteiger partial charge in [0.1, 0.15) is 0 Å². The third kappa shape index (κ3) is 1.73. The maximum Gasteiger partial charge on any atom is 0.0760 e. The van der Waals surface area contributed by atoms with Gasteiger partial charge in [-0.15, -0.1) is 0 Å². The van der Waals surface area contributed by atoms with Crippen LogP contribution in [0.25, 0.3) is 0 Å². The smallest absolute Gasteiger partial charge is 0.0760 e. The Balaban J connectivity index is 1.83. The van der Waals surface area contributed by atoms with Crippen LogP contribution in [0.4, 0.5) is 0 Å². The van der Waals surface area contributed by atoms with Crippen LogP contribution in [0.3, 0.4) is 0 Å². The van der Waals surface area contributed by atoms with Gasteiger partial charge < -0.3 is 15.2 Å². The molecule has 76 valence electrons. The van der Waals surface area contributed by atoms with Crippen molar-refractivity contribution < 1.29 is 9.47 Å². The van der Waals surface area contributed by atoms with Crippen molar-refractivity contribution in [1.82, 2.24) is 0 Å². The lowest BCUT2D eigenvalue weighted by Gasteiger charge is -2.30. The van der Waals surface area contributed by atoms with Gasteiger partial charge in [-0.2, -0.15) is 0 Å². The summed E-state index contributed by atoms with van der Waals surface area (Å²) >= 11 is 0. The van der Waals surface area contributed by atoms with Crippen LogP contribution in [0.15, 0.2) is 0 Å². The monoisotopic (exact) mass is 185 g/mol. The number of hydrogen-bond acceptors (Lipinski definition) is 3. The summed E-state index contributed by atoms with van der Waals surface area (Å²) in [6.07, 6.45) is 6.32. The van der Waals surface area contributed by atoms with E-state index in [2.05, 4.69) is 0 Å². The molecule has 2 fully saturated rings. The summed E-state index contributed by atoms with van der Waals surface area (Å²) in [5.74, 6) is 0. The highest BCUT2D eigenvalue weighted by molar-refractivity contribution is 5.04. The van der Waals surface area contributed by atoms with Crippen molar-refractivity contribution in [2.24, 2.45) is 5.73 Å². The molecule has 3 nitrogen and oxygen atoms in total. The van der Waals surface area contributed by atoms with Crippen LogP contribution in [0.2, 0.25) is 0 Å². The molecule has 0 spiro atoms. The molecule has 2 saturated heterocycles. The van der Waals surface area contributed by atoms with Gasteiger partial charge in [-0.1, -0.05) is 0 Å². The molecule has 3 heteroatoms. The average Bonchev–Trinajstić information content (AvgIpc) is 2.64. The number of ether oxygens (including phenoxy) is 2. The van der Waals surface area contributed by atoms with E-state index in [1.165, 1.54) is 6.42 Å². The molecule has 0 aliphatic carbocycles. The molecule has 0 amide bonds. The molecule has 0 aromatic heterocycles. The molecule has 13 heavy (non-hydrogen) atoms. The first kappa shape index (κ1) is 9.44. The van der Waals surface area contributed by atoms with E-state index in [1.54, 1.807) is 7.11 Å². The van der Waals surface area contributed by atoms with E-state index in [0.717, 1.165) is 32.3 Å². The van der Waals surface area contributed by atoms with E-state index in [9.17, 15) is 0 Å². The molecule has 0 aromatic carbocycles. The summed E-state index contributed by atoms with van der Waals surface area (Å²) in [6.45, 7) is 0.816. The Hall–Kier alpha value is -0.120. The summed E-state index contributed by atoms with van der Waals surface area (Å²) < 4.78 is 10.8. The fourth-order valence-electron chi connectivity index (χ4n) is 2.64. The number of hydrogen-bond donors (Lipinski definition) is 1. The predicted octanol–water partition coefficient (Wildman–Crippen LogP) is 1.06. The normalized spacial score (nSPS) is 42.9. The van der Waals surface area contributed by atoms with Crippen LogP contribution >= 0.6 is 0 Å². The molecule has 2 heterocycles. The van der Waals surface area contributed by atoms with Crippen molar-refractivity contribution in [3.05, 3.63) is 0 Å². The third-order valence-corrected chi connectivity index (χ3v) is 3.35. The molecule has 0 radical (unpaired) electrons. The zero-order valence-corrected chi connectivity index (χ0v) is 8.29. The lowest BCUT2D eigenvalue weighted by Crippen LogP contribution is -2.48. The third-order valence-electron chi connectivity index (χ3n) is 3.35. The largest absolute Gasteiger partial charge is 0.385 e. The van der Waals surface area contributed by atoms with E-state index >= 15 is 0 Å². The Morgan fingerprint density at radius 1 is 1.54 bits per heavy atom. The minimum atomic E-state index is -0.0402. The van der Waals surface area contributed by atoms with Crippen LogP contribution < -0.4 is 5.73 Å². The zero-order valence-electron chi connectivity index (χ0n) is 8.29. The highest BCUT2D eigenvalue weighted by atomic mass is 16.5. The molecule has 3 atom stereocenters. The predicted molar refractivity (Wildman–Crippen MR) is 50.5 cm³/mol. The molecule has 2 aliphatic rings. The van der Waals surface area contributed by atoms with Crippen molar-refractivity contribution in [1.29, 1.82) is 0 Å². The first-order valence-corrected chi connectivity index (χ1v) is 5.18. The van der Waals surface area contributed by atoms with Gasteiger partial charge in [0.05, 0.1) is 12.2 Å².